The lowest BCUT2D eigenvalue weighted by Gasteiger charge is -2.26. The fourth-order valence-corrected chi connectivity index (χ4v) is 1.63. The second kappa shape index (κ2) is 4.34. The summed E-state index contributed by atoms with van der Waals surface area (Å²) in [4.78, 5) is 13.0. The van der Waals surface area contributed by atoms with Crippen molar-refractivity contribution in [1.29, 1.82) is 0 Å². The van der Waals surface area contributed by atoms with Crippen molar-refractivity contribution in [2.45, 2.75) is 33.7 Å². The Kier molecular flexibility index (Phi) is 3.35. The quantitative estimate of drug-likeness (QED) is 0.794. The van der Waals surface area contributed by atoms with Crippen molar-refractivity contribution in [2.75, 3.05) is 4.90 Å². The molecule has 0 aliphatic rings. The molecule has 15 heavy (non-hydrogen) atoms. The molecule has 0 fully saturated rings. The zero-order valence-electron chi connectivity index (χ0n) is 9.74. The smallest absolute Gasteiger partial charge is 0.319 e. The summed E-state index contributed by atoms with van der Waals surface area (Å²) in [5.74, 6) is 0. The summed E-state index contributed by atoms with van der Waals surface area (Å²) >= 11 is 0. The molecule has 1 aromatic carbocycles. The third kappa shape index (κ3) is 2.49. The molecule has 0 bridgehead atoms. The Labute approximate surface area is 90.9 Å². The van der Waals surface area contributed by atoms with Crippen molar-refractivity contribution in [3.05, 3.63) is 29.3 Å². The van der Waals surface area contributed by atoms with E-state index in [2.05, 4.69) is 0 Å². The molecule has 0 saturated carbocycles. The van der Waals surface area contributed by atoms with E-state index in [9.17, 15) is 4.79 Å². The highest BCUT2D eigenvalue weighted by atomic mass is 16.2. The van der Waals surface area contributed by atoms with E-state index >= 15 is 0 Å². The van der Waals surface area contributed by atoms with Crippen LogP contribution in [0.3, 0.4) is 0 Å². The molecule has 2 amide bonds. The van der Waals surface area contributed by atoms with Crippen LogP contribution in [0.15, 0.2) is 18.2 Å². The first-order chi connectivity index (χ1) is 6.93. The number of benzene rings is 1. The molecule has 0 aromatic heterocycles. The molecule has 0 radical (unpaired) electrons. The highest BCUT2D eigenvalue weighted by Gasteiger charge is 2.17. The van der Waals surface area contributed by atoms with Crippen molar-refractivity contribution in [3.8, 4) is 0 Å². The summed E-state index contributed by atoms with van der Waals surface area (Å²) in [6.45, 7) is 7.88. The van der Waals surface area contributed by atoms with Crippen molar-refractivity contribution in [3.63, 3.8) is 0 Å². The maximum Gasteiger partial charge on any atom is 0.319 e. The number of primary amides is 1. The number of anilines is 1. The molecule has 0 atom stereocenters. The van der Waals surface area contributed by atoms with Crippen LogP contribution in [0, 0.1) is 13.8 Å². The Morgan fingerprint density at radius 1 is 1.33 bits per heavy atom. The first kappa shape index (κ1) is 11.6. The number of aryl methyl sites for hydroxylation is 2. The van der Waals surface area contributed by atoms with Gasteiger partial charge in [-0.3, -0.25) is 4.90 Å². The Balaban J connectivity index is 3.22. The zero-order chi connectivity index (χ0) is 11.6. The second-order valence-corrected chi connectivity index (χ2v) is 4.09. The predicted molar refractivity (Wildman–Crippen MR) is 63.1 cm³/mol. The molecule has 0 saturated heterocycles. The minimum Gasteiger partial charge on any atom is -0.351 e. The van der Waals surface area contributed by atoms with Gasteiger partial charge in [-0.2, -0.15) is 0 Å². The Morgan fingerprint density at radius 3 is 2.40 bits per heavy atom. The highest BCUT2D eigenvalue weighted by molar-refractivity contribution is 5.92. The average Bonchev–Trinajstić information content (AvgIpc) is 2.10. The van der Waals surface area contributed by atoms with Crippen LogP contribution in [0.5, 0.6) is 0 Å². The maximum atomic E-state index is 11.4. The van der Waals surface area contributed by atoms with Crippen LogP contribution < -0.4 is 10.6 Å². The molecular formula is C12H18N2O. The third-order valence-electron chi connectivity index (χ3n) is 2.38. The van der Waals surface area contributed by atoms with Crippen LogP contribution in [0.25, 0.3) is 0 Å². The molecule has 0 spiro atoms. The van der Waals surface area contributed by atoms with Gasteiger partial charge in [0, 0.05) is 11.7 Å². The number of nitrogens with two attached hydrogens (primary N) is 1. The van der Waals surface area contributed by atoms with E-state index in [-0.39, 0.29) is 6.04 Å². The molecule has 0 aliphatic heterocycles. The number of carbonyl (C=O) groups excluding carboxylic acids is 1. The summed E-state index contributed by atoms with van der Waals surface area (Å²) in [6.07, 6.45) is 0. The summed E-state index contributed by atoms with van der Waals surface area (Å²) in [7, 11) is 0. The lowest BCUT2D eigenvalue weighted by atomic mass is 10.1. The van der Waals surface area contributed by atoms with Gasteiger partial charge in [0.15, 0.2) is 0 Å². The summed E-state index contributed by atoms with van der Waals surface area (Å²) in [6, 6.07) is 5.68. The van der Waals surface area contributed by atoms with E-state index in [1.165, 1.54) is 0 Å². The van der Waals surface area contributed by atoms with Crippen LogP contribution in [-0.2, 0) is 0 Å². The van der Waals surface area contributed by atoms with E-state index in [1.54, 1.807) is 4.90 Å². The minimum atomic E-state index is -0.404. The molecule has 0 heterocycles. The molecule has 0 aliphatic carbocycles. The summed E-state index contributed by atoms with van der Waals surface area (Å²) in [5.41, 5.74) is 8.47. The standard InChI is InChI=1S/C12H18N2O/c1-8(2)14(12(13)15)11-7-9(3)5-6-10(11)4/h5-8H,1-4H3,(H2,13,15). The van der Waals surface area contributed by atoms with Crippen LogP contribution in [-0.4, -0.2) is 12.1 Å². The molecule has 3 nitrogen and oxygen atoms in total. The predicted octanol–water partition coefficient (Wildman–Crippen LogP) is 2.60. The van der Waals surface area contributed by atoms with Gasteiger partial charge in [0.25, 0.3) is 0 Å². The lowest BCUT2D eigenvalue weighted by molar-refractivity contribution is 0.252. The SMILES string of the molecule is Cc1ccc(C)c(N(C(N)=O)C(C)C)c1. The molecule has 3 heteroatoms. The average molecular weight is 206 g/mol. The fraction of sp³-hybridized carbons (Fsp3) is 0.417. The molecule has 82 valence electrons. The number of amides is 2. The van der Waals surface area contributed by atoms with Crippen molar-refractivity contribution >= 4 is 11.7 Å². The Bertz CT molecular complexity index is 372. The Morgan fingerprint density at radius 2 is 1.93 bits per heavy atom. The van der Waals surface area contributed by atoms with Crippen molar-refractivity contribution in [2.24, 2.45) is 5.73 Å². The zero-order valence-corrected chi connectivity index (χ0v) is 9.74. The number of rotatable bonds is 2. The number of nitrogens with zero attached hydrogens (tertiary/aromatic N) is 1. The van der Waals surface area contributed by atoms with Crippen LogP contribution in [0.1, 0.15) is 25.0 Å². The normalized spacial score (nSPS) is 10.5. The van der Waals surface area contributed by atoms with Gasteiger partial charge in [-0.05, 0) is 44.9 Å². The van der Waals surface area contributed by atoms with Gasteiger partial charge >= 0.3 is 6.03 Å². The van der Waals surface area contributed by atoms with Gasteiger partial charge in [-0.25, -0.2) is 4.79 Å². The van der Waals surface area contributed by atoms with Crippen LogP contribution >= 0.6 is 0 Å². The van der Waals surface area contributed by atoms with Gasteiger partial charge in [-0.15, -0.1) is 0 Å². The number of carbonyl (C=O) groups is 1. The van der Waals surface area contributed by atoms with Gasteiger partial charge in [0.05, 0.1) is 0 Å². The second-order valence-electron chi connectivity index (χ2n) is 4.09. The van der Waals surface area contributed by atoms with E-state index in [0.717, 1.165) is 16.8 Å². The van der Waals surface area contributed by atoms with Crippen molar-refractivity contribution < 1.29 is 4.79 Å². The van der Waals surface area contributed by atoms with E-state index in [4.69, 9.17) is 5.73 Å². The van der Waals surface area contributed by atoms with Crippen molar-refractivity contribution in [1.82, 2.24) is 0 Å². The number of hydrogen-bond donors (Lipinski definition) is 1. The largest absolute Gasteiger partial charge is 0.351 e. The lowest BCUT2D eigenvalue weighted by Crippen LogP contribution is -2.41. The van der Waals surface area contributed by atoms with Gasteiger partial charge < -0.3 is 5.73 Å². The minimum absolute atomic E-state index is 0.0722. The van der Waals surface area contributed by atoms with Crippen LogP contribution in [0.4, 0.5) is 10.5 Å². The molecule has 1 rings (SSSR count). The van der Waals surface area contributed by atoms with Crippen LogP contribution in [0.2, 0.25) is 0 Å². The van der Waals surface area contributed by atoms with E-state index in [1.807, 2.05) is 45.9 Å². The number of urea groups is 1. The fourth-order valence-electron chi connectivity index (χ4n) is 1.63. The monoisotopic (exact) mass is 206 g/mol. The third-order valence-corrected chi connectivity index (χ3v) is 2.38. The maximum absolute atomic E-state index is 11.4. The van der Waals surface area contributed by atoms with Gasteiger partial charge in [-0.1, -0.05) is 12.1 Å². The molecule has 1 aromatic rings. The first-order valence-corrected chi connectivity index (χ1v) is 5.09. The molecule has 0 unspecified atom stereocenters. The topological polar surface area (TPSA) is 46.3 Å². The molecule has 2 N–H and O–H groups in total. The highest BCUT2D eigenvalue weighted by Crippen LogP contribution is 2.23. The van der Waals surface area contributed by atoms with Gasteiger partial charge in [0.2, 0.25) is 0 Å². The van der Waals surface area contributed by atoms with E-state index in [0.29, 0.717) is 0 Å². The van der Waals surface area contributed by atoms with E-state index < -0.39 is 6.03 Å². The Hall–Kier alpha value is -1.51. The molecular weight excluding hydrogens is 188 g/mol. The summed E-state index contributed by atoms with van der Waals surface area (Å²) < 4.78 is 0. The number of hydrogen-bond acceptors (Lipinski definition) is 1. The van der Waals surface area contributed by atoms with Gasteiger partial charge in [0.1, 0.15) is 0 Å². The summed E-state index contributed by atoms with van der Waals surface area (Å²) in [5, 5.41) is 0. The first-order valence-electron chi connectivity index (χ1n) is 5.09.